The summed E-state index contributed by atoms with van der Waals surface area (Å²) in [5, 5.41) is 2.33. The average Bonchev–Trinajstić information content (AvgIpc) is 3.22. The molecule has 31 heavy (non-hydrogen) atoms. The zero-order valence-corrected chi connectivity index (χ0v) is 18.6. The molecule has 6 rings (SSSR count). The van der Waals surface area contributed by atoms with Gasteiger partial charge in [-0.2, -0.15) is 0 Å². The van der Waals surface area contributed by atoms with Gasteiger partial charge in [-0.1, -0.05) is 50.2 Å². The first-order valence-electron chi connectivity index (χ1n) is 10.9. The maximum atomic E-state index is 6.57. The van der Waals surface area contributed by atoms with Gasteiger partial charge < -0.3 is 4.42 Å². The fourth-order valence-corrected chi connectivity index (χ4v) is 5.21. The minimum atomic E-state index is -0.0343. The van der Waals surface area contributed by atoms with Gasteiger partial charge in [0.05, 0.1) is 5.69 Å². The van der Waals surface area contributed by atoms with E-state index in [1.165, 1.54) is 44.3 Å². The Bertz CT molecular complexity index is 1530. The Labute approximate surface area is 182 Å². The first-order valence-corrected chi connectivity index (χ1v) is 10.9. The smallest absolute Gasteiger partial charge is 0.145 e. The lowest BCUT2D eigenvalue weighted by atomic mass is 9.82. The first kappa shape index (κ1) is 18.4. The minimum absolute atomic E-state index is 0.0343. The van der Waals surface area contributed by atoms with Gasteiger partial charge >= 0.3 is 0 Å². The number of pyridine rings is 1. The quantitative estimate of drug-likeness (QED) is 0.284. The van der Waals surface area contributed by atoms with E-state index in [0.29, 0.717) is 0 Å². The van der Waals surface area contributed by atoms with E-state index in [4.69, 9.17) is 9.40 Å². The van der Waals surface area contributed by atoms with Gasteiger partial charge in [0.2, 0.25) is 0 Å². The third-order valence-electron chi connectivity index (χ3n) is 7.18. The molecular weight excluding hydrogens is 378 g/mol. The molecule has 0 bridgehead atoms. The third-order valence-corrected chi connectivity index (χ3v) is 7.18. The Morgan fingerprint density at radius 3 is 2.35 bits per heavy atom. The van der Waals surface area contributed by atoms with Gasteiger partial charge in [-0.25, -0.2) is 0 Å². The Hall–Kier alpha value is -3.39. The molecule has 0 atom stereocenters. The van der Waals surface area contributed by atoms with Crippen molar-refractivity contribution in [1.29, 1.82) is 0 Å². The summed E-state index contributed by atoms with van der Waals surface area (Å²) in [7, 11) is 0. The maximum absolute atomic E-state index is 6.57. The molecule has 5 aromatic rings. The van der Waals surface area contributed by atoms with E-state index in [0.717, 1.165) is 27.8 Å². The summed E-state index contributed by atoms with van der Waals surface area (Å²) in [6.45, 7) is 11.0. The van der Waals surface area contributed by atoms with Gasteiger partial charge in [0, 0.05) is 27.9 Å². The van der Waals surface area contributed by atoms with Crippen molar-refractivity contribution in [2.75, 3.05) is 0 Å². The van der Waals surface area contributed by atoms with Crippen molar-refractivity contribution in [2.45, 2.75) is 40.0 Å². The average molecular weight is 404 g/mol. The molecule has 0 saturated heterocycles. The number of aromatic nitrogens is 1. The minimum Gasteiger partial charge on any atom is -0.455 e. The lowest BCUT2D eigenvalue weighted by molar-refractivity contribution is 0.647. The summed E-state index contributed by atoms with van der Waals surface area (Å²) in [6, 6.07) is 19.9. The molecule has 0 radical (unpaired) electrons. The van der Waals surface area contributed by atoms with Crippen LogP contribution in [-0.4, -0.2) is 4.98 Å². The molecular formula is C29H25NO. The third kappa shape index (κ3) is 2.42. The molecule has 3 aromatic carbocycles. The Balaban J connectivity index is 1.68. The predicted octanol–water partition coefficient (Wildman–Crippen LogP) is 7.88. The highest BCUT2D eigenvalue weighted by Gasteiger charge is 2.36. The van der Waals surface area contributed by atoms with Crippen LogP contribution in [-0.2, 0) is 5.41 Å². The Morgan fingerprint density at radius 1 is 0.742 bits per heavy atom. The number of aryl methyl sites for hydroxylation is 3. The van der Waals surface area contributed by atoms with Crippen LogP contribution in [0.5, 0.6) is 0 Å². The van der Waals surface area contributed by atoms with Crippen molar-refractivity contribution >= 4 is 21.9 Å². The Kier molecular flexibility index (Phi) is 3.60. The monoisotopic (exact) mass is 403 g/mol. The number of rotatable bonds is 1. The van der Waals surface area contributed by atoms with E-state index in [-0.39, 0.29) is 5.41 Å². The molecule has 152 valence electrons. The number of benzene rings is 3. The molecule has 0 saturated carbocycles. The summed E-state index contributed by atoms with van der Waals surface area (Å²) in [5.74, 6) is 0. The van der Waals surface area contributed by atoms with Gasteiger partial charge in [0.25, 0.3) is 0 Å². The highest BCUT2D eigenvalue weighted by atomic mass is 16.3. The topological polar surface area (TPSA) is 26.0 Å². The van der Waals surface area contributed by atoms with E-state index in [1.54, 1.807) is 0 Å². The molecule has 1 aliphatic rings. The highest BCUT2D eigenvalue weighted by molar-refractivity contribution is 6.11. The molecule has 0 amide bonds. The van der Waals surface area contributed by atoms with Crippen LogP contribution < -0.4 is 0 Å². The van der Waals surface area contributed by atoms with Gasteiger partial charge in [0.15, 0.2) is 0 Å². The molecule has 0 aliphatic heterocycles. The van der Waals surface area contributed by atoms with Crippen molar-refractivity contribution in [3.8, 4) is 22.4 Å². The normalized spacial score (nSPS) is 14.2. The molecule has 2 heteroatoms. The fraction of sp³-hybridized carbons (Fsp3) is 0.207. The summed E-state index contributed by atoms with van der Waals surface area (Å²) < 4.78 is 6.57. The Morgan fingerprint density at radius 2 is 1.55 bits per heavy atom. The molecule has 0 N–H and O–H groups in total. The van der Waals surface area contributed by atoms with Crippen LogP contribution in [0.2, 0.25) is 0 Å². The molecule has 2 heterocycles. The summed E-state index contributed by atoms with van der Waals surface area (Å²) >= 11 is 0. The van der Waals surface area contributed by atoms with Crippen LogP contribution in [0.1, 0.15) is 41.7 Å². The maximum Gasteiger partial charge on any atom is 0.145 e. The molecule has 0 fully saturated rings. The van der Waals surface area contributed by atoms with Gasteiger partial charge in [-0.05, 0) is 77.9 Å². The first-order chi connectivity index (χ1) is 14.9. The number of hydrogen-bond donors (Lipinski definition) is 0. The molecule has 2 aromatic heterocycles. The zero-order valence-electron chi connectivity index (χ0n) is 18.6. The second kappa shape index (κ2) is 6.07. The van der Waals surface area contributed by atoms with Gasteiger partial charge in [-0.3, -0.25) is 4.98 Å². The predicted molar refractivity (Wildman–Crippen MR) is 129 cm³/mol. The number of hydrogen-bond acceptors (Lipinski definition) is 2. The van der Waals surface area contributed by atoms with Crippen molar-refractivity contribution in [2.24, 2.45) is 0 Å². The van der Waals surface area contributed by atoms with Crippen molar-refractivity contribution in [3.63, 3.8) is 0 Å². The van der Waals surface area contributed by atoms with Crippen LogP contribution in [0.4, 0.5) is 0 Å². The molecule has 0 spiro atoms. The van der Waals surface area contributed by atoms with Crippen molar-refractivity contribution < 1.29 is 4.42 Å². The number of furan rings is 1. The SMILES string of the molecule is Cc1cnc(-c2c(C)ccc3c2oc2cc4c(cc23)-c2ccccc2C4(C)C)cc1C. The highest BCUT2D eigenvalue weighted by Crippen LogP contribution is 2.51. The van der Waals surface area contributed by atoms with Crippen molar-refractivity contribution in [1.82, 2.24) is 4.98 Å². The van der Waals surface area contributed by atoms with E-state index >= 15 is 0 Å². The van der Waals surface area contributed by atoms with Crippen molar-refractivity contribution in [3.05, 3.63) is 88.6 Å². The van der Waals surface area contributed by atoms with Gasteiger partial charge in [0.1, 0.15) is 11.2 Å². The van der Waals surface area contributed by atoms with E-state index < -0.39 is 0 Å². The lowest BCUT2D eigenvalue weighted by Crippen LogP contribution is -2.14. The van der Waals surface area contributed by atoms with Crippen LogP contribution in [0.25, 0.3) is 44.3 Å². The largest absolute Gasteiger partial charge is 0.455 e. The van der Waals surface area contributed by atoms with E-state index in [1.807, 2.05) is 6.20 Å². The van der Waals surface area contributed by atoms with Crippen LogP contribution >= 0.6 is 0 Å². The standard InChI is InChI=1S/C29H25NO/c1-16-10-11-20-22-13-21-19-8-6-7-9-23(19)29(4,5)24(21)14-26(22)31-28(20)27(16)25-12-17(2)18(3)15-30-25/h6-15H,1-5H3. The fourth-order valence-electron chi connectivity index (χ4n) is 5.21. The van der Waals surface area contributed by atoms with Crippen LogP contribution in [0, 0.1) is 20.8 Å². The zero-order chi connectivity index (χ0) is 21.5. The second-order valence-corrected chi connectivity index (χ2v) is 9.45. The van der Waals surface area contributed by atoms with E-state index in [9.17, 15) is 0 Å². The van der Waals surface area contributed by atoms with Crippen LogP contribution in [0.3, 0.4) is 0 Å². The summed E-state index contributed by atoms with van der Waals surface area (Å²) in [4.78, 5) is 4.75. The lowest BCUT2D eigenvalue weighted by Gasteiger charge is -2.21. The summed E-state index contributed by atoms with van der Waals surface area (Å²) in [5.41, 5.74) is 12.9. The van der Waals surface area contributed by atoms with E-state index in [2.05, 4.69) is 89.2 Å². The van der Waals surface area contributed by atoms with Crippen LogP contribution in [0.15, 0.2) is 65.2 Å². The van der Waals surface area contributed by atoms with Gasteiger partial charge in [-0.15, -0.1) is 0 Å². The molecule has 0 unspecified atom stereocenters. The number of nitrogens with zero attached hydrogens (tertiary/aromatic N) is 1. The molecule has 2 nitrogen and oxygen atoms in total. The molecule has 1 aliphatic carbocycles. The second-order valence-electron chi connectivity index (χ2n) is 9.45. The summed E-state index contributed by atoms with van der Waals surface area (Å²) in [6.07, 6.45) is 1.96. The number of fused-ring (bicyclic) bond motifs is 6.